The van der Waals surface area contributed by atoms with Gasteiger partial charge in [0, 0.05) is 16.5 Å². The van der Waals surface area contributed by atoms with Crippen molar-refractivity contribution in [2.24, 2.45) is 0 Å². The summed E-state index contributed by atoms with van der Waals surface area (Å²) in [5.41, 5.74) is 1.74. The number of carbonyl (C=O) groups excluding carboxylic acids is 2. The van der Waals surface area contributed by atoms with Gasteiger partial charge in [-0.3, -0.25) is 4.79 Å². The lowest BCUT2D eigenvalue weighted by Crippen LogP contribution is -2.45. The van der Waals surface area contributed by atoms with Crippen LogP contribution in [-0.2, 0) is 17.7 Å². The molecule has 5 nitrogen and oxygen atoms in total. The molecule has 0 radical (unpaired) electrons. The van der Waals surface area contributed by atoms with Crippen LogP contribution < -0.4 is 0 Å². The van der Waals surface area contributed by atoms with Crippen molar-refractivity contribution in [2.45, 2.75) is 46.2 Å². The second kappa shape index (κ2) is 7.78. The summed E-state index contributed by atoms with van der Waals surface area (Å²) in [7, 11) is 1.33. The van der Waals surface area contributed by atoms with E-state index in [1.807, 2.05) is 45.0 Å². The molecule has 6 heteroatoms. The highest BCUT2D eigenvalue weighted by molar-refractivity contribution is 7.09. The van der Waals surface area contributed by atoms with Gasteiger partial charge in [0.15, 0.2) is 5.69 Å². The highest BCUT2D eigenvalue weighted by Gasteiger charge is 2.28. The summed E-state index contributed by atoms with van der Waals surface area (Å²) in [5, 5.41) is 2.36. The van der Waals surface area contributed by atoms with Crippen LogP contribution >= 0.6 is 11.3 Å². The number of benzene rings is 1. The van der Waals surface area contributed by atoms with E-state index >= 15 is 0 Å². The standard InChI is InChI=1S/C19H24N2O3S/c1-6-13-7-9-14(10-8-13)17(22)21(19(2,3)4)11-16-20-15(12-25-16)18(23)24-5/h7-10,12H,6,11H2,1-5H3. The van der Waals surface area contributed by atoms with Crippen molar-refractivity contribution in [1.82, 2.24) is 9.88 Å². The van der Waals surface area contributed by atoms with Crippen LogP contribution in [0.2, 0.25) is 0 Å². The van der Waals surface area contributed by atoms with Crippen LogP contribution in [0.3, 0.4) is 0 Å². The van der Waals surface area contributed by atoms with E-state index in [0.717, 1.165) is 6.42 Å². The number of rotatable bonds is 5. The quantitative estimate of drug-likeness (QED) is 0.758. The van der Waals surface area contributed by atoms with Gasteiger partial charge in [0.05, 0.1) is 13.7 Å². The van der Waals surface area contributed by atoms with Crippen LogP contribution in [0.1, 0.15) is 59.1 Å². The molecule has 0 bridgehead atoms. The molecule has 1 amide bonds. The monoisotopic (exact) mass is 360 g/mol. The van der Waals surface area contributed by atoms with Gasteiger partial charge in [-0.25, -0.2) is 9.78 Å². The van der Waals surface area contributed by atoms with Crippen LogP contribution in [0.5, 0.6) is 0 Å². The van der Waals surface area contributed by atoms with Crippen molar-refractivity contribution in [3.05, 3.63) is 51.5 Å². The normalized spacial score (nSPS) is 11.2. The minimum absolute atomic E-state index is 0.0510. The lowest BCUT2D eigenvalue weighted by atomic mass is 10.0. The lowest BCUT2D eigenvalue weighted by Gasteiger charge is -2.35. The first kappa shape index (κ1) is 19.1. The number of ether oxygens (including phenoxy) is 1. The minimum atomic E-state index is -0.466. The first-order valence-corrected chi connectivity index (χ1v) is 9.08. The zero-order valence-corrected chi connectivity index (χ0v) is 16.1. The number of methoxy groups -OCH3 is 1. The summed E-state index contributed by atoms with van der Waals surface area (Å²) in [6.45, 7) is 8.39. The van der Waals surface area contributed by atoms with E-state index < -0.39 is 5.97 Å². The van der Waals surface area contributed by atoms with E-state index in [1.54, 1.807) is 10.3 Å². The molecule has 0 aliphatic heterocycles. The summed E-state index contributed by atoms with van der Waals surface area (Å²) in [4.78, 5) is 30.6. The molecule has 0 saturated carbocycles. The molecule has 0 atom stereocenters. The molecule has 0 fully saturated rings. The predicted molar refractivity (Wildman–Crippen MR) is 98.9 cm³/mol. The molecule has 0 unspecified atom stereocenters. The Morgan fingerprint density at radius 3 is 2.36 bits per heavy atom. The predicted octanol–water partition coefficient (Wildman–Crippen LogP) is 3.93. The first-order chi connectivity index (χ1) is 11.8. The van der Waals surface area contributed by atoms with Crippen molar-refractivity contribution in [2.75, 3.05) is 7.11 Å². The first-order valence-electron chi connectivity index (χ1n) is 8.20. The molecular weight excluding hydrogens is 336 g/mol. The molecule has 2 rings (SSSR count). The van der Waals surface area contributed by atoms with Gasteiger partial charge in [0.2, 0.25) is 0 Å². The Kier molecular flexibility index (Phi) is 5.95. The van der Waals surface area contributed by atoms with E-state index in [0.29, 0.717) is 17.1 Å². The number of hydrogen-bond acceptors (Lipinski definition) is 5. The highest BCUT2D eigenvalue weighted by Crippen LogP contribution is 2.23. The van der Waals surface area contributed by atoms with Crippen molar-refractivity contribution in [3.8, 4) is 0 Å². The average Bonchev–Trinajstić information content (AvgIpc) is 3.06. The number of amides is 1. The molecule has 2 aromatic rings. The van der Waals surface area contributed by atoms with Crippen molar-refractivity contribution in [3.63, 3.8) is 0 Å². The van der Waals surface area contributed by atoms with Gasteiger partial charge in [-0.2, -0.15) is 0 Å². The van der Waals surface area contributed by atoms with Crippen molar-refractivity contribution >= 4 is 23.2 Å². The number of aryl methyl sites for hydroxylation is 1. The fourth-order valence-electron chi connectivity index (χ4n) is 2.37. The van der Waals surface area contributed by atoms with Gasteiger partial charge in [0.25, 0.3) is 5.91 Å². The molecule has 1 aromatic heterocycles. The van der Waals surface area contributed by atoms with Crippen LogP contribution in [0.25, 0.3) is 0 Å². The van der Waals surface area contributed by atoms with Crippen molar-refractivity contribution < 1.29 is 14.3 Å². The van der Waals surface area contributed by atoms with Gasteiger partial charge >= 0.3 is 5.97 Å². The molecule has 0 spiro atoms. The number of aromatic nitrogens is 1. The second-order valence-corrected chi connectivity index (χ2v) is 7.67. The number of hydrogen-bond donors (Lipinski definition) is 0. The van der Waals surface area contributed by atoms with Crippen molar-refractivity contribution in [1.29, 1.82) is 0 Å². The molecule has 0 aliphatic carbocycles. The largest absolute Gasteiger partial charge is 0.464 e. The summed E-state index contributed by atoms with van der Waals surface area (Å²) in [6.07, 6.45) is 0.937. The SMILES string of the molecule is CCc1ccc(C(=O)N(Cc2nc(C(=O)OC)cs2)C(C)(C)C)cc1. The fraction of sp³-hybridized carbons (Fsp3) is 0.421. The summed E-state index contributed by atoms with van der Waals surface area (Å²) in [5.74, 6) is -0.517. The maximum atomic E-state index is 13.0. The molecule has 0 N–H and O–H groups in total. The zero-order valence-electron chi connectivity index (χ0n) is 15.3. The van der Waals surface area contributed by atoms with Gasteiger partial charge in [-0.15, -0.1) is 11.3 Å². The average molecular weight is 360 g/mol. The fourth-order valence-corrected chi connectivity index (χ4v) is 3.12. The lowest BCUT2D eigenvalue weighted by molar-refractivity contribution is 0.0558. The maximum absolute atomic E-state index is 13.0. The Hall–Kier alpha value is -2.21. The highest BCUT2D eigenvalue weighted by atomic mass is 32.1. The molecule has 1 aromatic carbocycles. The summed E-state index contributed by atoms with van der Waals surface area (Å²) >= 11 is 1.35. The second-order valence-electron chi connectivity index (χ2n) is 6.73. The van der Waals surface area contributed by atoms with E-state index in [4.69, 9.17) is 0 Å². The van der Waals surface area contributed by atoms with Crippen LogP contribution in [0.4, 0.5) is 0 Å². The van der Waals surface area contributed by atoms with Crippen LogP contribution in [0, 0.1) is 0 Å². The third-order valence-corrected chi connectivity index (χ3v) is 4.74. The third kappa shape index (κ3) is 4.66. The molecule has 1 heterocycles. The Morgan fingerprint density at radius 1 is 1.20 bits per heavy atom. The van der Waals surface area contributed by atoms with Crippen LogP contribution in [0.15, 0.2) is 29.6 Å². The summed E-state index contributed by atoms with van der Waals surface area (Å²) < 4.78 is 4.69. The minimum Gasteiger partial charge on any atom is -0.464 e. The maximum Gasteiger partial charge on any atom is 0.357 e. The zero-order chi connectivity index (χ0) is 18.6. The van der Waals surface area contributed by atoms with E-state index in [1.165, 1.54) is 24.0 Å². The van der Waals surface area contributed by atoms with E-state index in [2.05, 4.69) is 16.6 Å². The van der Waals surface area contributed by atoms with Gasteiger partial charge < -0.3 is 9.64 Å². The Morgan fingerprint density at radius 2 is 1.84 bits per heavy atom. The third-order valence-electron chi connectivity index (χ3n) is 3.90. The van der Waals surface area contributed by atoms with E-state index in [-0.39, 0.29) is 17.1 Å². The molecule has 0 saturated heterocycles. The molecule has 0 aliphatic rings. The van der Waals surface area contributed by atoms with Gasteiger partial charge in [-0.1, -0.05) is 19.1 Å². The Bertz CT molecular complexity index is 745. The molecule has 134 valence electrons. The Balaban J connectivity index is 2.25. The topological polar surface area (TPSA) is 59.5 Å². The summed E-state index contributed by atoms with van der Waals surface area (Å²) in [6, 6.07) is 7.68. The smallest absolute Gasteiger partial charge is 0.357 e. The van der Waals surface area contributed by atoms with Crippen LogP contribution in [-0.4, -0.2) is 34.4 Å². The number of nitrogens with zero attached hydrogens (tertiary/aromatic N) is 2. The molecule has 25 heavy (non-hydrogen) atoms. The van der Waals surface area contributed by atoms with Gasteiger partial charge in [0.1, 0.15) is 5.01 Å². The number of carbonyl (C=O) groups is 2. The Labute approximate surface area is 152 Å². The van der Waals surface area contributed by atoms with Gasteiger partial charge in [-0.05, 0) is 44.9 Å². The van der Waals surface area contributed by atoms with E-state index in [9.17, 15) is 9.59 Å². The number of esters is 1. The molecular formula is C19H24N2O3S. The number of thiazole rings is 1.